The molecular formula is C11H18ClN5OY-2. The smallest absolute Gasteiger partial charge is 0.239 e. The van der Waals surface area contributed by atoms with Crippen LogP contribution in [0.1, 0.15) is 13.3 Å². The number of piperazine rings is 1. The largest absolute Gasteiger partial charge is 0.794 e. The minimum atomic E-state index is -0.614. The van der Waals surface area contributed by atoms with Crippen LogP contribution < -0.4 is 5.32 Å². The van der Waals surface area contributed by atoms with E-state index in [0.29, 0.717) is 26.2 Å². The fourth-order valence-corrected chi connectivity index (χ4v) is 2.11. The Morgan fingerprint density at radius 2 is 1.74 bits per heavy atom. The summed E-state index contributed by atoms with van der Waals surface area (Å²) in [6, 6.07) is -0.165. The predicted molar refractivity (Wildman–Crippen MR) is 73.9 cm³/mol. The molecular weight excluding hydrogens is 343 g/mol. The fraction of sp³-hybridized carbons (Fsp3) is 0.727. The average Bonchev–Trinajstić information content (AvgIpc) is 2.39. The van der Waals surface area contributed by atoms with Crippen molar-refractivity contribution in [3.63, 3.8) is 0 Å². The molecule has 19 heavy (non-hydrogen) atoms. The molecule has 1 unspecified atom stereocenters. The molecule has 0 aliphatic carbocycles. The van der Waals surface area contributed by atoms with Gasteiger partial charge in [-0.15, -0.1) is 11.6 Å². The van der Waals surface area contributed by atoms with E-state index in [0.717, 1.165) is 6.42 Å². The second-order valence-corrected chi connectivity index (χ2v) is 4.53. The third-order valence-electron chi connectivity index (χ3n) is 3.13. The summed E-state index contributed by atoms with van der Waals surface area (Å²) in [6.45, 7) is 3.87. The van der Waals surface area contributed by atoms with E-state index < -0.39 is 5.17 Å². The quantitative estimate of drug-likeness (QED) is 0.578. The normalized spacial score (nSPS) is 16.6. The number of nitrogens with zero attached hydrogens (tertiary/aromatic N) is 4. The van der Waals surface area contributed by atoms with E-state index in [1.807, 2.05) is 6.92 Å². The van der Waals surface area contributed by atoms with Crippen LogP contribution in [0.3, 0.4) is 0 Å². The molecule has 0 saturated carbocycles. The SMILES string of the molecule is CCC(NC)C(=O)N1CCN(C(=[N-])C(=[N-])Cl)CC1.[Y]. The number of rotatable bonds is 4. The van der Waals surface area contributed by atoms with Crippen LogP contribution in [-0.4, -0.2) is 66.0 Å². The van der Waals surface area contributed by atoms with Gasteiger partial charge in [0.05, 0.1) is 6.04 Å². The molecule has 1 radical (unpaired) electrons. The van der Waals surface area contributed by atoms with Gasteiger partial charge < -0.3 is 25.9 Å². The molecule has 1 fully saturated rings. The van der Waals surface area contributed by atoms with Crippen molar-refractivity contribution in [1.29, 1.82) is 0 Å². The van der Waals surface area contributed by atoms with Crippen molar-refractivity contribution in [3.05, 3.63) is 10.8 Å². The summed E-state index contributed by atoms with van der Waals surface area (Å²) in [5.74, 6) is -0.261. The first-order valence-corrected chi connectivity index (χ1v) is 6.37. The second kappa shape index (κ2) is 9.00. The topological polar surface area (TPSA) is 80.2 Å². The Kier molecular flexibility index (Phi) is 8.98. The van der Waals surface area contributed by atoms with Crippen LogP contribution in [0.4, 0.5) is 0 Å². The standard InChI is InChI=1S/C11H18ClN5O.Y/c1-3-8(15-2)11(18)17-6-4-16(5-7-17)10(14)9(12)13;/h8,15H,3-7H2,1-2H3;/q-2;. The Labute approximate surface area is 144 Å². The number of amides is 1. The van der Waals surface area contributed by atoms with Crippen LogP contribution in [0.5, 0.6) is 0 Å². The van der Waals surface area contributed by atoms with Crippen molar-refractivity contribution < 1.29 is 37.5 Å². The van der Waals surface area contributed by atoms with E-state index in [9.17, 15) is 10.2 Å². The van der Waals surface area contributed by atoms with Gasteiger partial charge in [-0.3, -0.25) is 4.79 Å². The average molecular weight is 361 g/mol. The molecule has 0 bridgehead atoms. The molecule has 8 heteroatoms. The van der Waals surface area contributed by atoms with Crippen LogP contribution in [0.25, 0.3) is 10.8 Å². The first kappa shape index (κ1) is 19.0. The van der Waals surface area contributed by atoms with E-state index in [2.05, 4.69) is 5.32 Å². The Morgan fingerprint density at radius 3 is 2.11 bits per heavy atom. The van der Waals surface area contributed by atoms with Crippen molar-refractivity contribution in [3.8, 4) is 0 Å². The van der Waals surface area contributed by atoms with Crippen molar-refractivity contribution in [2.45, 2.75) is 19.4 Å². The van der Waals surface area contributed by atoms with E-state index in [1.54, 1.807) is 16.8 Å². The summed E-state index contributed by atoms with van der Waals surface area (Å²) in [6.07, 6.45) is 0.739. The third kappa shape index (κ3) is 5.10. The maximum atomic E-state index is 12.1. The molecule has 1 N–H and O–H groups in total. The first-order chi connectivity index (χ1) is 8.51. The first-order valence-electron chi connectivity index (χ1n) is 6.00. The summed E-state index contributed by atoms with van der Waals surface area (Å²) < 4.78 is 0. The van der Waals surface area contributed by atoms with Gasteiger partial charge in [0.2, 0.25) is 5.91 Å². The van der Waals surface area contributed by atoms with E-state index in [1.165, 1.54) is 0 Å². The molecule has 1 atom stereocenters. The minimum Gasteiger partial charge on any atom is -0.794 e. The number of carbonyl (C=O) groups is 1. The van der Waals surface area contributed by atoms with Gasteiger partial charge in [0.15, 0.2) is 0 Å². The Balaban J connectivity index is 0.00000324. The molecule has 1 saturated heterocycles. The Morgan fingerprint density at radius 1 is 1.26 bits per heavy atom. The van der Waals surface area contributed by atoms with Gasteiger partial charge in [-0.25, -0.2) is 0 Å². The summed E-state index contributed by atoms with van der Waals surface area (Å²) in [4.78, 5) is 15.4. The van der Waals surface area contributed by atoms with E-state index in [4.69, 9.17) is 17.0 Å². The van der Waals surface area contributed by atoms with Gasteiger partial charge >= 0.3 is 0 Å². The van der Waals surface area contributed by atoms with Gasteiger partial charge in [0.25, 0.3) is 0 Å². The van der Waals surface area contributed by atoms with Crippen LogP contribution in [0, 0.1) is 0 Å². The number of hydrogen-bond donors (Lipinski definition) is 1. The summed E-state index contributed by atoms with van der Waals surface area (Å²) in [5, 5.41) is 20.8. The van der Waals surface area contributed by atoms with Crippen molar-refractivity contribution >= 4 is 28.5 Å². The van der Waals surface area contributed by atoms with Crippen molar-refractivity contribution in [2.24, 2.45) is 0 Å². The second-order valence-electron chi connectivity index (χ2n) is 4.18. The maximum Gasteiger partial charge on any atom is 0.239 e. The zero-order chi connectivity index (χ0) is 13.7. The van der Waals surface area contributed by atoms with Gasteiger partial charge in [0, 0.05) is 45.8 Å². The summed E-state index contributed by atoms with van der Waals surface area (Å²) in [7, 11) is 1.77. The molecule has 105 valence electrons. The van der Waals surface area contributed by atoms with Crippen molar-refractivity contribution in [2.75, 3.05) is 33.2 Å². The molecule has 1 amide bonds. The van der Waals surface area contributed by atoms with Gasteiger partial charge in [0.1, 0.15) is 0 Å². The van der Waals surface area contributed by atoms with Gasteiger partial charge in [-0.05, 0) is 26.6 Å². The molecule has 0 aromatic rings. The Bertz CT molecular complexity index is 340. The monoisotopic (exact) mass is 360 g/mol. The fourth-order valence-electron chi connectivity index (χ4n) is 1.99. The summed E-state index contributed by atoms with van der Waals surface area (Å²) in [5.41, 5.74) is 0. The molecule has 1 aliphatic rings. The zero-order valence-corrected chi connectivity index (χ0v) is 14.9. The molecule has 6 nitrogen and oxygen atoms in total. The number of amidine groups is 1. The van der Waals surface area contributed by atoms with Gasteiger partial charge in [-0.2, -0.15) is 0 Å². The molecule has 0 aromatic carbocycles. The number of carbonyl (C=O) groups excluding carboxylic acids is 1. The minimum absolute atomic E-state index is 0. The van der Waals surface area contributed by atoms with Crippen LogP contribution >= 0.6 is 11.6 Å². The maximum absolute atomic E-state index is 12.1. The van der Waals surface area contributed by atoms with Gasteiger partial charge in [-0.1, -0.05) is 17.9 Å². The Hall–Kier alpha value is -0.0361. The molecule has 1 aliphatic heterocycles. The molecule has 0 aromatic heterocycles. The third-order valence-corrected chi connectivity index (χ3v) is 3.30. The number of likely N-dealkylation sites (N-methyl/N-ethyl adjacent to an activating group) is 1. The molecule has 0 spiro atoms. The predicted octanol–water partition coefficient (Wildman–Crippen LogP) is 0.301. The molecule has 1 heterocycles. The number of nitrogens with one attached hydrogen (secondary N) is 1. The van der Waals surface area contributed by atoms with E-state index >= 15 is 0 Å². The summed E-state index contributed by atoms with van der Waals surface area (Å²) >= 11 is 5.31. The molecule has 1 rings (SSSR count). The van der Waals surface area contributed by atoms with Crippen LogP contribution in [0.2, 0.25) is 0 Å². The van der Waals surface area contributed by atoms with E-state index in [-0.39, 0.29) is 50.5 Å². The van der Waals surface area contributed by atoms with Crippen LogP contribution in [0.15, 0.2) is 0 Å². The number of halogens is 1. The zero-order valence-electron chi connectivity index (χ0n) is 11.3. The van der Waals surface area contributed by atoms with Crippen LogP contribution in [-0.2, 0) is 37.5 Å². The number of hydrogen-bond acceptors (Lipinski definition) is 2. The van der Waals surface area contributed by atoms with Crippen molar-refractivity contribution in [1.82, 2.24) is 15.1 Å².